The van der Waals surface area contributed by atoms with E-state index in [1.165, 1.54) is 52.8 Å². The number of nitrogens with zero attached hydrogens (tertiary/aromatic N) is 2. The minimum absolute atomic E-state index is 0.521. The second-order valence-electron chi connectivity index (χ2n) is 7.95. The number of piperidine rings is 1. The smallest absolute Gasteiger partial charge is 0.157 e. The van der Waals surface area contributed by atoms with Gasteiger partial charge in [0.05, 0.1) is 0 Å². The summed E-state index contributed by atoms with van der Waals surface area (Å²) in [5.41, 5.74) is 5.10. The van der Waals surface area contributed by atoms with Crippen molar-refractivity contribution in [1.29, 1.82) is 0 Å². The van der Waals surface area contributed by atoms with Crippen LogP contribution in [0.4, 0.5) is 0 Å². The summed E-state index contributed by atoms with van der Waals surface area (Å²) >= 11 is 1.56. The fraction of sp³-hybridized carbons (Fsp3) is 0.519. The van der Waals surface area contributed by atoms with Crippen LogP contribution in [0.3, 0.4) is 0 Å². The molecule has 2 aromatic carbocycles. The second kappa shape index (κ2) is 15.0. The molecule has 3 nitrogen and oxygen atoms in total. The van der Waals surface area contributed by atoms with Gasteiger partial charge in [-0.2, -0.15) is 5.10 Å². The van der Waals surface area contributed by atoms with Crippen LogP contribution in [-0.2, 0) is 0 Å². The van der Waals surface area contributed by atoms with Crippen LogP contribution in [0.25, 0.3) is 0 Å². The van der Waals surface area contributed by atoms with Crippen LogP contribution in [0.1, 0.15) is 82.6 Å². The van der Waals surface area contributed by atoms with Crippen molar-refractivity contribution in [2.75, 3.05) is 6.54 Å². The number of amidine groups is 1. The van der Waals surface area contributed by atoms with Gasteiger partial charge in [0.2, 0.25) is 0 Å². The standard InChI is InChI=1S/C22H29N3S.C3H8.C2H6/c1-16-11-13-20(14-12-16)26-24-23-22(25-15-6-5-10-19(25)4)21-17(2)8-7-9-18(21)3;1-3-2;1-2/h7-9,11-14,19,24H,5-6,10,15H2,1-4H3;3H2,1-2H3;1-2H3/b23-22+;;. The van der Waals surface area contributed by atoms with Crippen molar-refractivity contribution in [1.82, 2.24) is 9.73 Å². The summed E-state index contributed by atoms with van der Waals surface area (Å²) in [6.07, 6.45) is 5.03. The predicted molar refractivity (Wildman–Crippen MR) is 140 cm³/mol. The van der Waals surface area contributed by atoms with Crippen molar-refractivity contribution in [3.8, 4) is 0 Å². The maximum absolute atomic E-state index is 4.86. The number of nitrogens with one attached hydrogen (secondary N) is 1. The first-order valence-electron chi connectivity index (χ1n) is 11.9. The first kappa shape index (κ1) is 27.1. The third-order valence-corrected chi connectivity index (χ3v) is 5.81. The van der Waals surface area contributed by atoms with Gasteiger partial charge in [0.15, 0.2) is 5.84 Å². The van der Waals surface area contributed by atoms with Crippen LogP contribution in [0, 0.1) is 20.8 Å². The van der Waals surface area contributed by atoms with Gasteiger partial charge in [-0.15, -0.1) is 0 Å². The fourth-order valence-corrected chi connectivity index (χ4v) is 4.08. The van der Waals surface area contributed by atoms with E-state index in [-0.39, 0.29) is 0 Å². The molecule has 0 bridgehead atoms. The molecule has 2 aromatic rings. The highest BCUT2D eigenvalue weighted by Gasteiger charge is 2.25. The van der Waals surface area contributed by atoms with Crippen molar-refractivity contribution in [3.05, 3.63) is 64.7 Å². The Kier molecular flexibility index (Phi) is 13.1. The quantitative estimate of drug-likeness (QED) is 0.226. The zero-order valence-corrected chi connectivity index (χ0v) is 21.8. The number of rotatable bonds is 4. The molecule has 0 radical (unpaired) electrons. The zero-order valence-electron chi connectivity index (χ0n) is 21.0. The Bertz CT molecular complexity index is 763. The zero-order chi connectivity index (χ0) is 23.2. The number of likely N-dealkylation sites (tertiary alicyclic amines) is 1. The molecular weight excluding hydrogens is 398 g/mol. The molecule has 1 aliphatic rings. The van der Waals surface area contributed by atoms with E-state index in [1.54, 1.807) is 11.9 Å². The lowest BCUT2D eigenvalue weighted by Gasteiger charge is -2.36. The summed E-state index contributed by atoms with van der Waals surface area (Å²) in [6, 6.07) is 15.5. The normalized spacial score (nSPS) is 15.9. The molecule has 172 valence electrons. The molecule has 0 amide bonds. The fourth-order valence-electron chi connectivity index (χ4n) is 3.57. The maximum atomic E-state index is 4.86. The minimum atomic E-state index is 0.521. The van der Waals surface area contributed by atoms with Gasteiger partial charge in [0.1, 0.15) is 0 Å². The number of benzene rings is 2. The summed E-state index contributed by atoms with van der Waals surface area (Å²) in [4.78, 5) is 6.90. The van der Waals surface area contributed by atoms with E-state index >= 15 is 0 Å². The molecule has 1 unspecified atom stereocenters. The maximum Gasteiger partial charge on any atom is 0.157 e. The molecule has 1 N–H and O–H groups in total. The molecule has 0 saturated carbocycles. The Morgan fingerprint density at radius 2 is 1.58 bits per heavy atom. The predicted octanol–water partition coefficient (Wildman–Crippen LogP) is 7.89. The third-order valence-electron chi connectivity index (χ3n) is 5.12. The molecule has 0 aliphatic carbocycles. The van der Waals surface area contributed by atoms with Crippen molar-refractivity contribution < 1.29 is 0 Å². The van der Waals surface area contributed by atoms with Crippen molar-refractivity contribution in [2.45, 2.75) is 92.0 Å². The van der Waals surface area contributed by atoms with Crippen LogP contribution >= 0.6 is 11.9 Å². The Morgan fingerprint density at radius 3 is 2.13 bits per heavy atom. The molecule has 3 rings (SSSR count). The molecule has 1 atom stereocenters. The number of hydrogen-bond donors (Lipinski definition) is 1. The van der Waals surface area contributed by atoms with Crippen LogP contribution < -0.4 is 4.83 Å². The lowest BCUT2D eigenvalue weighted by molar-refractivity contribution is 0.258. The lowest BCUT2D eigenvalue weighted by Crippen LogP contribution is -2.43. The molecule has 1 heterocycles. The van der Waals surface area contributed by atoms with Gasteiger partial charge in [0, 0.05) is 35.0 Å². The molecule has 0 aromatic heterocycles. The molecule has 1 saturated heterocycles. The summed E-state index contributed by atoms with van der Waals surface area (Å²) in [7, 11) is 0. The molecule has 0 spiro atoms. The van der Waals surface area contributed by atoms with Gasteiger partial charge in [-0.3, -0.25) is 0 Å². The summed E-state index contributed by atoms with van der Waals surface area (Å²) in [5, 5.41) is 4.86. The van der Waals surface area contributed by atoms with Gasteiger partial charge < -0.3 is 4.90 Å². The first-order chi connectivity index (χ1) is 15.0. The van der Waals surface area contributed by atoms with E-state index in [4.69, 9.17) is 5.10 Å². The SMILES string of the molecule is CC.CCC.Cc1ccc(SN/N=C(\c2c(C)cccc2C)N2CCCCC2C)cc1. The Hall–Kier alpha value is -1.94. The van der Waals surface area contributed by atoms with Crippen molar-refractivity contribution >= 4 is 17.8 Å². The number of hydrogen-bond acceptors (Lipinski definition) is 3. The Morgan fingerprint density at radius 1 is 1.00 bits per heavy atom. The molecule has 4 heteroatoms. The lowest BCUT2D eigenvalue weighted by atomic mass is 9.97. The molecule has 1 fully saturated rings. The van der Waals surface area contributed by atoms with E-state index in [0.29, 0.717) is 6.04 Å². The Balaban J connectivity index is 0.000000884. The number of aryl methyl sites for hydroxylation is 3. The molecular formula is C27H43N3S. The van der Waals surface area contributed by atoms with Gasteiger partial charge in [-0.05, 0) is 70.2 Å². The topological polar surface area (TPSA) is 27.6 Å². The second-order valence-corrected chi connectivity index (χ2v) is 8.81. The van der Waals surface area contributed by atoms with Crippen molar-refractivity contribution in [3.63, 3.8) is 0 Å². The Labute approximate surface area is 195 Å². The highest BCUT2D eigenvalue weighted by Crippen LogP contribution is 2.24. The van der Waals surface area contributed by atoms with Gasteiger partial charge in [-0.1, -0.05) is 70.0 Å². The van der Waals surface area contributed by atoms with E-state index in [0.717, 1.165) is 12.4 Å². The van der Waals surface area contributed by atoms with Gasteiger partial charge >= 0.3 is 0 Å². The summed E-state index contributed by atoms with van der Waals surface area (Å²) < 4.78 is 0. The highest BCUT2D eigenvalue weighted by atomic mass is 32.2. The highest BCUT2D eigenvalue weighted by molar-refractivity contribution is 7.97. The largest absolute Gasteiger partial charge is 0.352 e. The van der Waals surface area contributed by atoms with Gasteiger partial charge in [-0.25, -0.2) is 4.83 Å². The van der Waals surface area contributed by atoms with Crippen LogP contribution in [0.15, 0.2) is 52.5 Å². The summed E-state index contributed by atoms with van der Waals surface area (Å²) in [5.74, 6) is 1.08. The van der Waals surface area contributed by atoms with Crippen LogP contribution in [0.2, 0.25) is 0 Å². The van der Waals surface area contributed by atoms with E-state index in [1.807, 2.05) is 13.8 Å². The van der Waals surface area contributed by atoms with Crippen LogP contribution in [0.5, 0.6) is 0 Å². The van der Waals surface area contributed by atoms with Gasteiger partial charge in [0.25, 0.3) is 0 Å². The minimum Gasteiger partial charge on any atom is -0.352 e. The van der Waals surface area contributed by atoms with E-state index in [2.05, 4.69) is 93.7 Å². The first-order valence-corrected chi connectivity index (χ1v) is 12.7. The number of hydrazone groups is 1. The van der Waals surface area contributed by atoms with Crippen LogP contribution in [-0.4, -0.2) is 23.3 Å². The monoisotopic (exact) mass is 441 g/mol. The average molecular weight is 442 g/mol. The third kappa shape index (κ3) is 8.60. The average Bonchev–Trinajstić information content (AvgIpc) is 2.76. The molecule has 1 aliphatic heterocycles. The van der Waals surface area contributed by atoms with Crippen molar-refractivity contribution in [2.24, 2.45) is 5.10 Å². The van der Waals surface area contributed by atoms with E-state index in [9.17, 15) is 0 Å². The molecule has 31 heavy (non-hydrogen) atoms. The van der Waals surface area contributed by atoms with E-state index < -0.39 is 0 Å². The summed E-state index contributed by atoms with van der Waals surface area (Å²) in [6.45, 7) is 18.1.